The van der Waals surface area contributed by atoms with Gasteiger partial charge < -0.3 is 15.1 Å². The van der Waals surface area contributed by atoms with Crippen molar-refractivity contribution in [2.75, 3.05) is 45.7 Å². The highest BCUT2D eigenvalue weighted by molar-refractivity contribution is 9.10. The van der Waals surface area contributed by atoms with E-state index in [2.05, 4.69) is 84.2 Å². The van der Waals surface area contributed by atoms with Crippen molar-refractivity contribution in [3.8, 4) is 0 Å². The van der Waals surface area contributed by atoms with Gasteiger partial charge in [0.25, 0.3) is 0 Å². The molecule has 1 aromatic rings. The quantitative estimate of drug-likeness (QED) is 0.724. The van der Waals surface area contributed by atoms with Crippen LogP contribution in [0.4, 0.5) is 5.69 Å². The molecule has 1 aromatic carbocycles. The summed E-state index contributed by atoms with van der Waals surface area (Å²) in [5.41, 5.74) is 2.60. The van der Waals surface area contributed by atoms with Crippen molar-refractivity contribution in [2.45, 2.75) is 32.7 Å². The minimum atomic E-state index is 0.398. The molecule has 0 heterocycles. The predicted octanol–water partition coefficient (Wildman–Crippen LogP) is 3.90. The van der Waals surface area contributed by atoms with Gasteiger partial charge in [0.2, 0.25) is 0 Å². The summed E-state index contributed by atoms with van der Waals surface area (Å²) < 4.78 is 1.18. The Kier molecular flexibility index (Phi) is 8.30. The molecule has 3 nitrogen and oxygen atoms in total. The Bertz CT molecular complexity index is 420. The van der Waals surface area contributed by atoms with Gasteiger partial charge in [0.1, 0.15) is 0 Å². The Morgan fingerprint density at radius 3 is 2.48 bits per heavy atom. The predicted molar refractivity (Wildman–Crippen MR) is 97.3 cm³/mol. The van der Waals surface area contributed by atoms with E-state index in [1.54, 1.807) is 0 Å². The lowest BCUT2D eigenvalue weighted by molar-refractivity contribution is 0.401. The van der Waals surface area contributed by atoms with E-state index < -0.39 is 0 Å². The highest BCUT2D eigenvalue weighted by atomic mass is 79.9. The maximum atomic E-state index is 3.73. The minimum absolute atomic E-state index is 0.398. The van der Waals surface area contributed by atoms with E-state index in [1.165, 1.54) is 22.1 Å². The van der Waals surface area contributed by atoms with Crippen molar-refractivity contribution in [3.05, 3.63) is 28.2 Å². The monoisotopic (exact) mass is 355 g/mol. The largest absolute Gasteiger partial charge is 0.374 e. The van der Waals surface area contributed by atoms with E-state index in [0.29, 0.717) is 6.04 Å². The molecule has 1 unspecified atom stereocenters. The molecule has 1 rings (SSSR count). The summed E-state index contributed by atoms with van der Waals surface area (Å²) in [6.07, 6.45) is 2.34. The number of nitrogens with one attached hydrogen (secondary N) is 1. The maximum absolute atomic E-state index is 3.73. The lowest BCUT2D eigenvalue weighted by atomic mass is 10.1. The fourth-order valence-corrected chi connectivity index (χ4v) is 3.02. The third-order valence-corrected chi connectivity index (χ3v) is 4.32. The summed E-state index contributed by atoms with van der Waals surface area (Å²) in [4.78, 5) is 4.55. The summed E-state index contributed by atoms with van der Waals surface area (Å²) in [7, 11) is 6.40. The van der Waals surface area contributed by atoms with Crippen LogP contribution in [-0.4, -0.2) is 45.7 Å². The molecule has 0 amide bonds. The maximum Gasteiger partial charge on any atom is 0.0508 e. The molecule has 0 bridgehead atoms. The molecule has 1 N–H and O–H groups in total. The van der Waals surface area contributed by atoms with E-state index in [1.807, 2.05) is 0 Å². The van der Waals surface area contributed by atoms with Gasteiger partial charge in [-0.1, -0.05) is 13.0 Å². The lowest BCUT2D eigenvalue weighted by Crippen LogP contribution is -2.24. The second kappa shape index (κ2) is 9.44. The van der Waals surface area contributed by atoms with Crippen molar-refractivity contribution < 1.29 is 0 Å². The van der Waals surface area contributed by atoms with E-state index in [-0.39, 0.29) is 0 Å². The van der Waals surface area contributed by atoms with Crippen LogP contribution in [0, 0.1) is 0 Å². The number of benzene rings is 1. The average Bonchev–Trinajstić information content (AvgIpc) is 2.43. The van der Waals surface area contributed by atoms with Gasteiger partial charge in [-0.25, -0.2) is 0 Å². The molecule has 1 atom stereocenters. The number of rotatable bonds is 9. The molecule has 0 saturated heterocycles. The zero-order valence-electron chi connectivity index (χ0n) is 14.1. The van der Waals surface area contributed by atoms with Crippen LogP contribution in [0.15, 0.2) is 22.7 Å². The van der Waals surface area contributed by atoms with E-state index >= 15 is 0 Å². The molecule has 120 valence electrons. The van der Waals surface area contributed by atoms with Gasteiger partial charge in [-0.3, -0.25) is 0 Å². The van der Waals surface area contributed by atoms with E-state index in [4.69, 9.17) is 0 Å². The number of hydrogen-bond donors (Lipinski definition) is 1. The van der Waals surface area contributed by atoms with Crippen LogP contribution in [-0.2, 0) is 0 Å². The number of halogens is 1. The molecule has 0 fully saturated rings. The second-order valence-corrected chi connectivity index (χ2v) is 6.82. The minimum Gasteiger partial charge on any atom is -0.374 e. The molecular formula is C17H30BrN3. The van der Waals surface area contributed by atoms with Crippen LogP contribution in [0.3, 0.4) is 0 Å². The molecule has 0 aliphatic heterocycles. The molecular weight excluding hydrogens is 326 g/mol. The van der Waals surface area contributed by atoms with Crippen LogP contribution in [0.1, 0.15) is 38.3 Å². The number of hydrogen-bond acceptors (Lipinski definition) is 3. The van der Waals surface area contributed by atoms with E-state index in [9.17, 15) is 0 Å². The second-order valence-electron chi connectivity index (χ2n) is 5.97. The molecule has 0 aromatic heterocycles. The fraction of sp³-hybridized carbons (Fsp3) is 0.647. The lowest BCUT2D eigenvalue weighted by Gasteiger charge is -2.23. The van der Waals surface area contributed by atoms with Crippen molar-refractivity contribution >= 4 is 21.6 Å². The molecule has 0 aliphatic rings. The van der Waals surface area contributed by atoms with Crippen LogP contribution in [0.5, 0.6) is 0 Å². The Morgan fingerprint density at radius 1 is 1.19 bits per heavy atom. The van der Waals surface area contributed by atoms with Gasteiger partial charge in [-0.2, -0.15) is 0 Å². The Balaban J connectivity index is 2.64. The van der Waals surface area contributed by atoms with Crippen LogP contribution >= 0.6 is 15.9 Å². The Hall–Kier alpha value is -0.580. The topological polar surface area (TPSA) is 18.5 Å². The van der Waals surface area contributed by atoms with Crippen LogP contribution in [0.2, 0.25) is 0 Å². The zero-order valence-corrected chi connectivity index (χ0v) is 15.7. The van der Waals surface area contributed by atoms with Gasteiger partial charge >= 0.3 is 0 Å². The fourth-order valence-electron chi connectivity index (χ4n) is 2.33. The summed E-state index contributed by atoms with van der Waals surface area (Å²) in [5.74, 6) is 0. The van der Waals surface area contributed by atoms with E-state index in [0.717, 1.165) is 26.1 Å². The Morgan fingerprint density at radius 2 is 1.90 bits per heavy atom. The molecule has 0 spiro atoms. The van der Waals surface area contributed by atoms with Crippen molar-refractivity contribution in [3.63, 3.8) is 0 Å². The summed E-state index contributed by atoms with van der Waals surface area (Å²) >= 11 is 3.73. The summed E-state index contributed by atoms with van der Waals surface area (Å²) in [6.45, 7) is 7.67. The molecule has 0 aliphatic carbocycles. The number of anilines is 1. The Labute approximate surface area is 138 Å². The molecule has 0 radical (unpaired) electrons. The SMILES string of the molecule is CCCNC(C)c1ccc(N(C)CCCN(C)C)c(Br)c1. The summed E-state index contributed by atoms with van der Waals surface area (Å²) in [5, 5.41) is 3.53. The zero-order chi connectivity index (χ0) is 15.8. The van der Waals surface area contributed by atoms with Crippen molar-refractivity contribution in [2.24, 2.45) is 0 Å². The molecule has 21 heavy (non-hydrogen) atoms. The first kappa shape index (κ1) is 18.5. The average molecular weight is 356 g/mol. The van der Waals surface area contributed by atoms with Crippen molar-refractivity contribution in [1.29, 1.82) is 0 Å². The van der Waals surface area contributed by atoms with Gasteiger partial charge in [0, 0.05) is 24.1 Å². The highest BCUT2D eigenvalue weighted by Crippen LogP contribution is 2.28. The van der Waals surface area contributed by atoms with Gasteiger partial charge in [0.15, 0.2) is 0 Å². The standard InChI is InChI=1S/C17H30BrN3/c1-6-10-19-14(2)15-8-9-17(16(18)13-15)21(5)12-7-11-20(3)4/h8-9,13-14,19H,6-7,10-12H2,1-5H3. The third-order valence-electron chi connectivity index (χ3n) is 3.68. The van der Waals surface area contributed by atoms with Crippen molar-refractivity contribution in [1.82, 2.24) is 10.2 Å². The first-order valence-corrected chi connectivity index (χ1v) is 8.63. The van der Waals surface area contributed by atoms with Crippen LogP contribution < -0.4 is 10.2 Å². The van der Waals surface area contributed by atoms with Gasteiger partial charge in [0.05, 0.1) is 5.69 Å². The smallest absolute Gasteiger partial charge is 0.0508 e. The van der Waals surface area contributed by atoms with Gasteiger partial charge in [-0.15, -0.1) is 0 Å². The van der Waals surface area contributed by atoms with Crippen LogP contribution in [0.25, 0.3) is 0 Å². The first-order valence-electron chi connectivity index (χ1n) is 7.84. The molecule has 4 heteroatoms. The normalized spacial score (nSPS) is 12.7. The summed E-state index contributed by atoms with van der Waals surface area (Å²) in [6, 6.07) is 7.09. The highest BCUT2D eigenvalue weighted by Gasteiger charge is 2.10. The third kappa shape index (κ3) is 6.37. The van der Waals surface area contributed by atoms with Gasteiger partial charge in [-0.05, 0) is 80.6 Å². The molecule has 0 saturated carbocycles. The first-order chi connectivity index (χ1) is 9.95. The number of nitrogens with zero attached hydrogens (tertiary/aromatic N) is 2.